The molecule has 6 nitrogen and oxygen atoms in total. The van der Waals surface area contributed by atoms with Gasteiger partial charge in [0, 0.05) is 45.8 Å². The number of ether oxygens (including phenoxy) is 1. The maximum Gasteiger partial charge on any atom is 0.308 e. The third-order valence-corrected chi connectivity index (χ3v) is 4.92. The van der Waals surface area contributed by atoms with E-state index in [2.05, 4.69) is 16.0 Å². The first-order valence-corrected chi connectivity index (χ1v) is 8.70. The van der Waals surface area contributed by atoms with Crippen LogP contribution in [0.15, 0.2) is 42.6 Å². The summed E-state index contributed by atoms with van der Waals surface area (Å²) in [5.41, 5.74) is 2.05. The molecule has 1 fully saturated rings. The van der Waals surface area contributed by atoms with E-state index in [0.29, 0.717) is 19.6 Å². The number of benzene rings is 1. The second kappa shape index (κ2) is 7.74. The average molecular weight is 355 g/mol. The van der Waals surface area contributed by atoms with E-state index < -0.39 is 11.9 Å². The van der Waals surface area contributed by atoms with E-state index in [-0.39, 0.29) is 5.92 Å². The van der Waals surface area contributed by atoms with Gasteiger partial charge >= 0.3 is 5.97 Å². The molecule has 1 aromatic heterocycles. The van der Waals surface area contributed by atoms with Crippen LogP contribution >= 0.6 is 0 Å². The number of carboxylic acids is 1. The van der Waals surface area contributed by atoms with Crippen LogP contribution in [0.2, 0.25) is 0 Å². The number of rotatable bonds is 6. The van der Waals surface area contributed by atoms with E-state index in [9.17, 15) is 9.90 Å². The van der Waals surface area contributed by atoms with Crippen LogP contribution in [0.3, 0.4) is 0 Å². The summed E-state index contributed by atoms with van der Waals surface area (Å²) in [4.78, 5) is 20.4. The first kappa shape index (κ1) is 18.2. The molecule has 0 aliphatic carbocycles. The number of carbonyl (C=O) groups is 1. The Hall–Kier alpha value is -2.60. The van der Waals surface area contributed by atoms with Gasteiger partial charge in [-0.25, -0.2) is 4.98 Å². The van der Waals surface area contributed by atoms with Crippen molar-refractivity contribution in [1.82, 2.24) is 9.88 Å². The van der Waals surface area contributed by atoms with Crippen LogP contribution in [-0.2, 0) is 11.3 Å². The van der Waals surface area contributed by atoms with Crippen molar-refractivity contribution < 1.29 is 14.6 Å². The zero-order valence-electron chi connectivity index (χ0n) is 15.4. The SMILES string of the molecule is COc1ccccc1[C@H]1CN(Cc2ccc(N(C)C)nc2)C[C@@H]1C(=O)O. The van der Waals surface area contributed by atoms with Gasteiger partial charge in [-0.1, -0.05) is 24.3 Å². The normalized spacial score (nSPS) is 20.1. The van der Waals surface area contributed by atoms with Gasteiger partial charge < -0.3 is 14.7 Å². The quantitative estimate of drug-likeness (QED) is 0.859. The fourth-order valence-electron chi connectivity index (χ4n) is 3.59. The standard InChI is InChI=1S/C20H25N3O3/c1-22(2)19-9-8-14(10-21-19)11-23-12-16(17(13-23)20(24)25)15-6-4-5-7-18(15)26-3/h4-10,16-17H,11-13H2,1-3H3,(H,24,25)/t16-,17+/m1/s1. The second-order valence-electron chi connectivity index (χ2n) is 6.91. The van der Waals surface area contributed by atoms with Crippen molar-refractivity contribution in [1.29, 1.82) is 0 Å². The Bertz CT molecular complexity index is 761. The lowest BCUT2D eigenvalue weighted by atomic mass is 9.88. The molecule has 3 rings (SSSR count). The Kier molecular flexibility index (Phi) is 5.42. The summed E-state index contributed by atoms with van der Waals surface area (Å²) in [6.07, 6.45) is 1.86. The van der Waals surface area contributed by atoms with Gasteiger partial charge in [0.1, 0.15) is 11.6 Å². The van der Waals surface area contributed by atoms with Crippen LogP contribution in [0.4, 0.5) is 5.82 Å². The fourth-order valence-corrected chi connectivity index (χ4v) is 3.59. The Morgan fingerprint density at radius 3 is 2.65 bits per heavy atom. The van der Waals surface area contributed by atoms with E-state index in [1.807, 2.05) is 55.5 Å². The highest BCUT2D eigenvalue weighted by molar-refractivity contribution is 5.72. The Morgan fingerprint density at radius 1 is 1.27 bits per heavy atom. The maximum atomic E-state index is 11.8. The first-order chi connectivity index (χ1) is 12.5. The van der Waals surface area contributed by atoms with Crippen LogP contribution in [0.25, 0.3) is 0 Å². The molecule has 0 bridgehead atoms. The van der Waals surface area contributed by atoms with E-state index in [0.717, 1.165) is 22.7 Å². The van der Waals surface area contributed by atoms with Gasteiger partial charge in [0.25, 0.3) is 0 Å². The number of anilines is 1. The minimum absolute atomic E-state index is 0.0855. The molecule has 2 heterocycles. The van der Waals surface area contributed by atoms with Crippen molar-refractivity contribution in [3.05, 3.63) is 53.7 Å². The summed E-state index contributed by atoms with van der Waals surface area (Å²) < 4.78 is 5.45. The van der Waals surface area contributed by atoms with Crippen LogP contribution < -0.4 is 9.64 Å². The van der Waals surface area contributed by atoms with Crippen LogP contribution in [0.5, 0.6) is 5.75 Å². The topological polar surface area (TPSA) is 65.9 Å². The highest BCUT2D eigenvalue weighted by Gasteiger charge is 2.39. The first-order valence-electron chi connectivity index (χ1n) is 8.70. The molecule has 1 N–H and O–H groups in total. The van der Waals surface area contributed by atoms with Gasteiger partial charge in [-0.15, -0.1) is 0 Å². The van der Waals surface area contributed by atoms with E-state index in [1.54, 1.807) is 7.11 Å². The minimum Gasteiger partial charge on any atom is -0.496 e. The van der Waals surface area contributed by atoms with Crippen LogP contribution in [0, 0.1) is 5.92 Å². The van der Waals surface area contributed by atoms with Crippen molar-refractivity contribution >= 4 is 11.8 Å². The number of likely N-dealkylation sites (tertiary alicyclic amines) is 1. The number of aliphatic carboxylic acids is 1. The predicted molar refractivity (Wildman–Crippen MR) is 101 cm³/mol. The summed E-state index contributed by atoms with van der Waals surface area (Å²) in [5, 5.41) is 9.70. The number of nitrogens with zero attached hydrogens (tertiary/aromatic N) is 3. The van der Waals surface area contributed by atoms with Crippen molar-refractivity contribution in [3.63, 3.8) is 0 Å². The average Bonchev–Trinajstić information content (AvgIpc) is 3.06. The molecule has 2 atom stereocenters. The largest absolute Gasteiger partial charge is 0.496 e. The Morgan fingerprint density at radius 2 is 2.04 bits per heavy atom. The molecule has 6 heteroatoms. The number of carboxylic acid groups (broad SMARTS) is 1. The molecule has 0 unspecified atom stereocenters. The molecule has 138 valence electrons. The highest BCUT2D eigenvalue weighted by Crippen LogP contribution is 2.38. The predicted octanol–water partition coefficient (Wildman–Crippen LogP) is 2.46. The third kappa shape index (κ3) is 3.80. The second-order valence-corrected chi connectivity index (χ2v) is 6.91. The summed E-state index contributed by atoms with van der Waals surface area (Å²) in [6.45, 7) is 1.90. The number of pyridine rings is 1. The molecule has 1 aromatic carbocycles. The summed E-state index contributed by atoms with van der Waals surface area (Å²) in [7, 11) is 5.54. The third-order valence-electron chi connectivity index (χ3n) is 4.92. The molecule has 1 aliphatic rings. The van der Waals surface area contributed by atoms with E-state index >= 15 is 0 Å². The van der Waals surface area contributed by atoms with Crippen LogP contribution in [-0.4, -0.2) is 55.3 Å². The number of hydrogen-bond acceptors (Lipinski definition) is 5. The Labute approximate surface area is 154 Å². The van der Waals surface area contributed by atoms with Gasteiger partial charge in [-0.2, -0.15) is 0 Å². The number of aromatic nitrogens is 1. The molecule has 2 aromatic rings. The number of methoxy groups -OCH3 is 1. The summed E-state index contributed by atoms with van der Waals surface area (Å²) >= 11 is 0. The molecular formula is C20H25N3O3. The lowest BCUT2D eigenvalue weighted by Gasteiger charge is -2.18. The molecule has 26 heavy (non-hydrogen) atoms. The van der Waals surface area contributed by atoms with Gasteiger partial charge in [-0.05, 0) is 23.3 Å². The van der Waals surface area contributed by atoms with Crippen molar-refractivity contribution in [2.75, 3.05) is 39.2 Å². The maximum absolute atomic E-state index is 11.8. The van der Waals surface area contributed by atoms with E-state index in [1.165, 1.54) is 0 Å². The van der Waals surface area contributed by atoms with Gasteiger partial charge in [0.05, 0.1) is 13.0 Å². The van der Waals surface area contributed by atoms with Crippen molar-refractivity contribution in [2.24, 2.45) is 5.92 Å². The van der Waals surface area contributed by atoms with Gasteiger partial charge in [0.2, 0.25) is 0 Å². The lowest BCUT2D eigenvalue weighted by molar-refractivity contribution is -0.141. The van der Waals surface area contributed by atoms with Crippen molar-refractivity contribution in [3.8, 4) is 5.75 Å². The minimum atomic E-state index is -0.760. The highest BCUT2D eigenvalue weighted by atomic mass is 16.5. The van der Waals surface area contributed by atoms with Crippen molar-refractivity contribution in [2.45, 2.75) is 12.5 Å². The molecule has 0 radical (unpaired) electrons. The van der Waals surface area contributed by atoms with Gasteiger partial charge in [-0.3, -0.25) is 9.69 Å². The smallest absolute Gasteiger partial charge is 0.308 e. The monoisotopic (exact) mass is 355 g/mol. The van der Waals surface area contributed by atoms with Crippen LogP contribution in [0.1, 0.15) is 17.0 Å². The molecule has 0 saturated carbocycles. The molecule has 1 aliphatic heterocycles. The summed E-state index contributed by atoms with van der Waals surface area (Å²) in [5.74, 6) is 0.371. The van der Waals surface area contributed by atoms with Gasteiger partial charge in [0.15, 0.2) is 0 Å². The molecular weight excluding hydrogens is 330 g/mol. The zero-order chi connectivity index (χ0) is 18.7. The summed E-state index contributed by atoms with van der Waals surface area (Å²) in [6, 6.07) is 11.7. The lowest BCUT2D eigenvalue weighted by Crippen LogP contribution is -2.23. The van der Waals surface area contributed by atoms with E-state index in [4.69, 9.17) is 4.74 Å². The molecule has 0 amide bonds. The molecule has 1 saturated heterocycles. The fraction of sp³-hybridized carbons (Fsp3) is 0.400. The zero-order valence-corrected chi connectivity index (χ0v) is 15.4. The number of para-hydroxylation sites is 1. The Balaban J connectivity index is 1.78. The molecule has 0 spiro atoms. The number of hydrogen-bond donors (Lipinski definition) is 1.